The monoisotopic (exact) mass is 568 g/mol. The van der Waals surface area contributed by atoms with Crippen molar-refractivity contribution < 1.29 is 67.4 Å². The fourth-order valence-electron chi connectivity index (χ4n) is 3.26. The number of carbonyl (C=O) groups excluding carboxylic acids is 3. The number of alkyl halides is 3. The van der Waals surface area contributed by atoms with Gasteiger partial charge in [0.15, 0.2) is 15.9 Å². The van der Waals surface area contributed by atoms with E-state index >= 15 is 0 Å². The Kier molecular flexibility index (Phi) is 8.51. The first kappa shape index (κ1) is 28.1. The Morgan fingerprint density at radius 1 is 1.36 bits per heavy atom. The fraction of sp³-hybridized carbons (Fsp3) is 0.222. The van der Waals surface area contributed by atoms with Crippen LogP contribution in [0.1, 0.15) is 15.6 Å². The summed E-state index contributed by atoms with van der Waals surface area (Å²) >= 11 is 2.50. The number of thiazole rings is 2. The van der Waals surface area contributed by atoms with Gasteiger partial charge in [-0.15, -0.1) is 34.4 Å². The Bertz CT molecular complexity index is 1310. The molecule has 0 aliphatic carbocycles. The zero-order valence-corrected chi connectivity index (χ0v) is 22.4. The van der Waals surface area contributed by atoms with Crippen LogP contribution in [0.2, 0.25) is 0 Å². The molecule has 4 N–H and O–H groups in total. The number of aliphatic carboxylic acids is 1. The number of allylic oxidation sites excluding steroid dienone is 1. The number of nitrogens with one attached hydrogen (secondary N) is 1. The van der Waals surface area contributed by atoms with Gasteiger partial charge < -0.3 is 26.2 Å². The number of hydrogen-bond acceptors (Lipinski definition) is 12. The van der Waals surface area contributed by atoms with Gasteiger partial charge in [-0.2, -0.15) is 13.2 Å². The number of nitrogens with two attached hydrogens (primary N) is 1. The van der Waals surface area contributed by atoms with E-state index in [9.17, 15) is 37.9 Å². The number of hydrogen-bond donors (Lipinski definition) is 3. The summed E-state index contributed by atoms with van der Waals surface area (Å²) < 4.78 is 38.2. The second-order valence-electron chi connectivity index (χ2n) is 6.94. The first-order chi connectivity index (χ1) is 16.5. The van der Waals surface area contributed by atoms with Gasteiger partial charge in [-0.3, -0.25) is 14.5 Å². The predicted molar refractivity (Wildman–Crippen MR) is 118 cm³/mol. The van der Waals surface area contributed by atoms with Gasteiger partial charge in [0.05, 0.1) is 11.7 Å². The first-order valence-corrected chi connectivity index (χ1v) is 12.1. The van der Waals surface area contributed by atoms with E-state index < -0.39 is 51.8 Å². The van der Waals surface area contributed by atoms with Gasteiger partial charge in [-0.1, -0.05) is 11.2 Å². The maximum atomic E-state index is 12.7. The van der Waals surface area contributed by atoms with E-state index in [0.717, 1.165) is 34.2 Å². The van der Waals surface area contributed by atoms with Crippen LogP contribution < -0.4 is 45.7 Å². The van der Waals surface area contributed by atoms with Gasteiger partial charge in [0.1, 0.15) is 17.1 Å². The Morgan fingerprint density at radius 3 is 2.64 bits per heavy atom. The molecule has 1 fully saturated rings. The summed E-state index contributed by atoms with van der Waals surface area (Å²) in [6, 6.07) is -1.13. The van der Waals surface area contributed by atoms with Gasteiger partial charge in [0.2, 0.25) is 0 Å². The molecule has 0 aromatic carbocycles. The number of fused-ring (bicyclic) bond motifs is 1. The summed E-state index contributed by atoms with van der Waals surface area (Å²) in [5.74, 6) is -3.28. The second kappa shape index (κ2) is 10.9. The molecule has 184 valence electrons. The number of aromatic nitrogens is 2. The van der Waals surface area contributed by atoms with E-state index in [0.29, 0.717) is 11.3 Å². The van der Waals surface area contributed by atoms with Gasteiger partial charge in [0.25, 0.3) is 11.8 Å². The SMILES string of the molecule is Nc1nc(C(=NO)C(=O)NC2C(=O)N3C(C(=O)[O-])=C(C=Cc4cnc(C(F)(F)F)s4)CS[C@H]23)cs1.[Na+]. The Labute approximate surface area is 234 Å². The number of carbonyl (C=O) groups is 3. The zero-order chi connectivity index (χ0) is 25.5. The van der Waals surface area contributed by atoms with Crippen molar-refractivity contribution in [2.45, 2.75) is 17.6 Å². The molecular weight excluding hydrogens is 556 g/mol. The van der Waals surface area contributed by atoms with Gasteiger partial charge in [-0.05, 0) is 11.6 Å². The van der Waals surface area contributed by atoms with E-state index in [-0.39, 0.29) is 56.6 Å². The number of carboxylic acid groups (broad SMARTS) is 1. The Balaban J connectivity index is 0.00000361. The summed E-state index contributed by atoms with van der Waals surface area (Å²) in [7, 11) is 0. The third-order valence-electron chi connectivity index (χ3n) is 4.77. The molecule has 0 bridgehead atoms. The number of nitrogen functional groups attached to an aromatic ring is 1. The summed E-state index contributed by atoms with van der Waals surface area (Å²) in [5, 5.41) is 25.9. The number of halogens is 3. The van der Waals surface area contributed by atoms with Crippen molar-refractivity contribution in [1.29, 1.82) is 0 Å². The molecule has 0 spiro atoms. The Morgan fingerprint density at radius 2 is 2.08 bits per heavy atom. The van der Waals surface area contributed by atoms with E-state index in [2.05, 4.69) is 20.4 Å². The number of anilines is 1. The van der Waals surface area contributed by atoms with Crippen LogP contribution in [-0.4, -0.2) is 60.7 Å². The Hall–Kier alpha value is -2.44. The van der Waals surface area contributed by atoms with Gasteiger partial charge >= 0.3 is 35.7 Å². The topological polar surface area (TPSA) is 174 Å². The molecule has 2 aliphatic rings. The summed E-state index contributed by atoms with van der Waals surface area (Å²) in [6.07, 6.45) is -1.06. The molecule has 1 unspecified atom stereocenters. The molecule has 36 heavy (non-hydrogen) atoms. The van der Waals surface area contributed by atoms with Crippen LogP contribution in [0.25, 0.3) is 6.08 Å². The molecular formula is C18H12F3N6NaO5S3. The molecule has 4 heterocycles. The van der Waals surface area contributed by atoms with Crippen LogP contribution in [0.3, 0.4) is 0 Å². The summed E-state index contributed by atoms with van der Waals surface area (Å²) in [4.78, 5) is 45.2. The summed E-state index contributed by atoms with van der Waals surface area (Å²) in [6.45, 7) is 0. The minimum Gasteiger partial charge on any atom is -0.543 e. The van der Waals surface area contributed by atoms with Gasteiger partial charge in [-0.25, -0.2) is 9.97 Å². The molecule has 11 nitrogen and oxygen atoms in total. The number of carboxylic acids is 1. The van der Waals surface area contributed by atoms with Crippen molar-refractivity contribution in [2.24, 2.45) is 5.16 Å². The molecule has 2 aliphatic heterocycles. The number of nitrogens with zero attached hydrogens (tertiary/aromatic N) is 4. The van der Waals surface area contributed by atoms with Crippen molar-refractivity contribution in [3.05, 3.63) is 44.5 Å². The average molecular weight is 569 g/mol. The van der Waals surface area contributed by atoms with Crippen LogP contribution in [0.4, 0.5) is 18.3 Å². The van der Waals surface area contributed by atoms with Crippen LogP contribution in [0.15, 0.2) is 34.1 Å². The largest absolute Gasteiger partial charge is 1.00 e. The zero-order valence-electron chi connectivity index (χ0n) is 18.0. The maximum Gasteiger partial charge on any atom is 1.00 e. The molecule has 2 aromatic heterocycles. The van der Waals surface area contributed by atoms with E-state index in [4.69, 9.17) is 5.73 Å². The van der Waals surface area contributed by atoms with Crippen LogP contribution in [-0.2, 0) is 20.6 Å². The smallest absolute Gasteiger partial charge is 0.543 e. The molecule has 4 rings (SSSR count). The number of thioether (sulfide) groups is 1. The predicted octanol–water partition coefficient (Wildman–Crippen LogP) is -2.50. The van der Waals surface area contributed by atoms with Gasteiger partial charge in [0, 0.05) is 22.2 Å². The number of β-lactam (4-membered cyclic amide) rings is 1. The number of amides is 2. The molecule has 2 atom stereocenters. The van der Waals surface area contributed by atoms with Crippen LogP contribution in [0.5, 0.6) is 0 Å². The fourth-order valence-corrected chi connectivity index (χ4v) is 5.81. The molecule has 1 saturated heterocycles. The molecule has 2 amide bonds. The van der Waals surface area contributed by atoms with Crippen molar-refractivity contribution in [3.8, 4) is 0 Å². The third-order valence-corrected chi connectivity index (χ3v) is 7.76. The average Bonchev–Trinajstić information content (AvgIpc) is 3.45. The van der Waals surface area contributed by atoms with Crippen LogP contribution >= 0.6 is 34.4 Å². The molecule has 2 aromatic rings. The van der Waals surface area contributed by atoms with Crippen LogP contribution in [0, 0.1) is 0 Å². The number of oxime groups is 1. The minimum atomic E-state index is -4.60. The quantitative estimate of drug-likeness (QED) is 0.112. The molecule has 18 heteroatoms. The standard InChI is InChI=1S/C18H13F3N6O5S3.Na/c19-18(20,21)16-23-3-7(35-16)2-1-6-4-33-14-10(13(29)27(14)11(6)15(30)31)25-12(28)9(26-32)8-5-34-17(22)24-8;/h1-3,5,10,14,32H,4H2,(H2,22,24)(H,25,28)(H,30,31);/q;+1/p-1/t10?,14-;/m1./s1. The normalized spacial score (nSPS) is 20.1. The first-order valence-electron chi connectivity index (χ1n) is 9.35. The van der Waals surface area contributed by atoms with E-state index in [1.54, 1.807) is 0 Å². The maximum absolute atomic E-state index is 12.7. The van der Waals surface area contributed by atoms with Crippen molar-refractivity contribution in [1.82, 2.24) is 20.2 Å². The third kappa shape index (κ3) is 5.45. The minimum absolute atomic E-state index is 0. The molecule has 0 saturated carbocycles. The van der Waals surface area contributed by atoms with Crippen molar-refractivity contribution in [2.75, 3.05) is 11.5 Å². The number of rotatable bonds is 6. The van der Waals surface area contributed by atoms with E-state index in [1.165, 1.54) is 17.5 Å². The van der Waals surface area contributed by atoms with Crippen molar-refractivity contribution >= 4 is 69.1 Å². The summed E-state index contributed by atoms with van der Waals surface area (Å²) in [5.41, 5.74) is 4.71. The van der Waals surface area contributed by atoms with Crippen molar-refractivity contribution in [3.63, 3.8) is 0 Å². The molecule has 0 radical (unpaired) electrons. The van der Waals surface area contributed by atoms with E-state index in [1.807, 2.05) is 0 Å². The second-order valence-corrected chi connectivity index (χ2v) is 10.00.